The lowest BCUT2D eigenvalue weighted by Crippen LogP contribution is -2.35. The summed E-state index contributed by atoms with van der Waals surface area (Å²) in [5.74, 6) is 0.172. The van der Waals surface area contributed by atoms with Crippen LogP contribution in [0.5, 0.6) is 5.88 Å². The minimum absolute atomic E-state index is 0.0465. The van der Waals surface area contributed by atoms with Gasteiger partial charge in [-0.05, 0) is 18.6 Å². The van der Waals surface area contributed by atoms with Crippen molar-refractivity contribution in [2.24, 2.45) is 0 Å². The number of nitrogens with zero attached hydrogens (tertiary/aromatic N) is 2. The molecule has 2 amide bonds. The van der Waals surface area contributed by atoms with Crippen molar-refractivity contribution in [3.05, 3.63) is 41.6 Å². The maximum atomic E-state index is 12.4. The molecule has 10 heteroatoms. The number of nitrogens with one attached hydrogen (secondary N) is 2. The average molecular weight is 366 g/mol. The van der Waals surface area contributed by atoms with E-state index in [1.54, 1.807) is 31.2 Å². The Kier molecular flexibility index (Phi) is 5.88. The number of rotatable bonds is 6. The fourth-order valence-electron chi connectivity index (χ4n) is 2.04. The third kappa shape index (κ3) is 4.88. The van der Waals surface area contributed by atoms with Gasteiger partial charge in [0.15, 0.2) is 0 Å². The van der Waals surface area contributed by atoms with Gasteiger partial charge < -0.3 is 9.47 Å². The van der Waals surface area contributed by atoms with Crippen LogP contribution in [0.3, 0.4) is 0 Å². The van der Waals surface area contributed by atoms with Crippen LogP contribution in [0.15, 0.2) is 35.2 Å². The predicted octanol–water partition coefficient (Wildman–Crippen LogP) is 1.45. The van der Waals surface area contributed by atoms with Crippen LogP contribution in [0.1, 0.15) is 11.3 Å². The fourth-order valence-corrected chi connectivity index (χ4v) is 3.18. The van der Waals surface area contributed by atoms with Crippen LogP contribution >= 0.6 is 0 Å². The van der Waals surface area contributed by atoms with Crippen molar-refractivity contribution >= 4 is 22.0 Å². The maximum absolute atomic E-state index is 12.4. The zero-order chi connectivity index (χ0) is 18.4. The summed E-state index contributed by atoms with van der Waals surface area (Å²) >= 11 is 0. The zero-order valence-electron chi connectivity index (χ0n) is 13.9. The smallest absolute Gasteiger partial charge is 0.335 e. The number of amides is 2. The first-order valence-electron chi connectivity index (χ1n) is 7.16. The van der Waals surface area contributed by atoms with Crippen molar-refractivity contribution in [3.63, 3.8) is 0 Å². The summed E-state index contributed by atoms with van der Waals surface area (Å²) < 4.78 is 36.7. The minimum Gasteiger partial charge on any atom is -0.481 e. The van der Waals surface area contributed by atoms with E-state index in [1.807, 2.05) is 4.72 Å². The molecule has 25 heavy (non-hydrogen) atoms. The molecule has 0 aliphatic heterocycles. The van der Waals surface area contributed by atoms with E-state index in [-0.39, 0.29) is 23.3 Å². The molecule has 2 N–H and O–H groups in total. The van der Waals surface area contributed by atoms with Crippen molar-refractivity contribution < 1.29 is 22.7 Å². The Morgan fingerprint density at radius 2 is 1.92 bits per heavy atom. The molecule has 0 aliphatic carbocycles. The monoisotopic (exact) mass is 366 g/mol. The third-order valence-corrected chi connectivity index (χ3v) is 4.49. The summed E-state index contributed by atoms with van der Waals surface area (Å²) in [5, 5.41) is 2.27. The first kappa shape index (κ1) is 18.6. The minimum atomic E-state index is -4.09. The molecular formula is C15H18N4O5S. The topological polar surface area (TPSA) is 120 Å². The number of carbonyl (C=O) groups excluding carboxylic acids is 1. The van der Waals surface area contributed by atoms with Crippen molar-refractivity contribution in [2.75, 3.05) is 19.5 Å². The van der Waals surface area contributed by atoms with Gasteiger partial charge in [0, 0.05) is 18.9 Å². The van der Waals surface area contributed by atoms with Crippen molar-refractivity contribution in [1.29, 1.82) is 0 Å². The van der Waals surface area contributed by atoms with Gasteiger partial charge >= 0.3 is 6.03 Å². The van der Waals surface area contributed by atoms with Gasteiger partial charge in [-0.25, -0.2) is 22.9 Å². The number of aromatic nitrogens is 2. The molecule has 0 bridgehead atoms. The van der Waals surface area contributed by atoms with Gasteiger partial charge in [-0.2, -0.15) is 4.98 Å². The van der Waals surface area contributed by atoms with E-state index in [1.165, 1.54) is 20.3 Å². The third-order valence-electron chi connectivity index (χ3n) is 3.05. The summed E-state index contributed by atoms with van der Waals surface area (Å²) in [5.41, 5.74) is 0.981. The molecule has 134 valence electrons. The number of benzene rings is 1. The highest BCUT2D eigenvalue weighted by molar-refractivity contribution is 7.90. The molecule has 9 nitrogen and oxygen atoms in total. The van der Waals surface area contributed by atoms with Crippen LogP contribution in [-0.4, -0.2) is 38.6 Å². The van der Waals surface area contributed by atoms with E-state index >= 15 is 0 Å². The van der Waals surface area contributed by atoms with E-state index in [4.69, 9.17) is 9.47 Å². The van der Waals surface area contributed by atoms with Crippen molar-refractivity contribution in [3.8, 4) is 5.88 Å². The van der Waals surface area contributed by atoms with E-state index < -0.39 is 16.1 Å². The standard InChI is InChI=1S/C15H18N4O5S/c1-10-8-13(24-3)17-14(16-10)18-15(20)19-25(21,22)12-7-5-4-6-11(12)9-23-2/h4-8H,9H2,1-3H3,(H2,16,17,18,19,20). The normalized spacial score (nSPS) is 11.0. The van der Waals surface area contributed by atoms with Gasteiger partial charge in [0.25, 0.3) is 10.0 Å². The SMILES string of the molecule is COCc1ccccc1S(=O)(=O)NC(=O)Nc1nc(C)cc(OC)n1. The number of carbonyl (C=O) groups is 1. The molecule has 1 aromatic carbocycles. The largest absolute Gasteiger partial charge is 0.481 e. The van der Waals surface area contributed by atoms with E-state index in [9.17, 15) is 13.2 Å². The Hall–Kier alpha value is -2.72. The first-order valence-corrected chi connectivity index (χ1v) is 8.64. The Bertz CT molecular complexity index is 870. The lowest BCUT2D eigenvalue weighted by Gasteiger charge is -2.11. The molecule has 0 spiro atoms. The molecule has 2 rings (SSSR count). The maximum Gasteiger partial charge on any atom is 0.335 e. The summed E-state index contributed by atoms with van der Waals surface area (Å²) in [6.07, 6.45) is 0. The highest BCUT2D eigenvalue weighted by atomic mass is 32.2. The Morgan fingerprint density at radius 3 is 2.60 bits per heavy atom. The molecule has 0 aliphatic rings. The Balaban J connectivity index is 2.18. The zero-order valence-corrected chi connectivity index (χ0v) is 14.8. The summed E-state index contributed by atoms with van der Waals surface area (Å²) in [7, 11) is -1.22. The van der Waals surface area contributed by atoms with Crippen molar-refractivity contribution in [2.45, 2.75) is 18.4 Å². The van der Waals surface area contributed by atoms with Crippen LogP contribution in [0.2, 0.25) is 0 Å². The molecule has 1 heterocycles. The van der Waals surface area contributed by atoms with Crippen molar-refractivity contribution in [1.82, 2.24) is 14.7 Å². The molecule has 2 aromatic rings. The van der Waals surface area contributed by atoms with Crippen LogP contribution in [0.25, 0.3) is 0 Å². The first-order chi connectivity index (χ1) is 11.9. The molecule has 0 unspecified atom stereocenters. The number of ether oxygens (including phenoxy) is 2. The average Bonchev–Trinajstić information content (AvgIpc) is 2.54. The lowest BCUT2D eigenvalue weighted by molar-refractivity contribution is 0.182. The van der Waals surface area contributed by atoms with Gasteiger partial charge in [-0.15, -0.1) is 0 Å². The number of hydrogen-bond acceptors (Lipinski definition) is 7. The Labute approximate surface area is 145 Å². The van der Waals surface area contributed by atoms with E-state index in [2.05, 4.69) is 15.3 Å². The number of sulfonamides is 1. The van der Waals surface area contributed by atoms with E-state index in [0.717, 1.165) is 0 Å². The predicted molar refractivity (Wildman–Crippen MR) is 89.8 cm³/mol. The van der Waals surface area contributed by atoms with Gasteiger partial charge in [-0.3, -0.25) is 5.32 Å². The Morgan fingerprint density at radius 1 is 1.20 bits per heavy atom. The van der Waals surface area contributed by atoms with Gasteiger partial charge in [0.2, 0.25) is 11.8 Å². The van der Waals surface area contributed by atoms with Gasteiger partial charge in [0.1, 0.15) is 0 Å². The van der Waals surface area contributed by atoms with E-state index in [0.29, 0.717) is 11.3 Å². The number of urea groups is 1. The number of anilines is 1. The molecule has 0 saturated heterocycles. The van der Waals surface area contributed by atoms with Gasteiger partial charge in [-0.1, -0.05) is 18.2 Å². The number of hydrogen-bond donors (Lipinski definition) is 2. The van der Waals surface area contributed by atoms with Gasteiger partial charge in [0.05, 0.1) is 18.6 Å². The molecule has 0 fully saturated rings. The number of aryl methyl sites for hydroxylation is 1. The second-order valence-electron chi connectivity index (χ2n) is 4.98. The van der Waals surface area contributed by atoms with Crippen LogP contribution in [-0.2, 0) is 21.4 Å². The molecular weight excluding hydrogens is 348 g/mol. The molecule has 1 aromatic heterocycles. The van der Waals surface area contributed by atoms with Crippen LogP contribution < -0.4 is 14.8 Å². The number of methoxy groups -OCH3 is 2. The second kappa shape index (κ2) is 7.90. The molecule has 0 atom stereocenters. The quantitative estimate of drug-likeness (QED) is 0.794. The summed E-state index contributed by atoms with van der Waals surface area (Å²) in [4.78, 5) is 19.9. The van der Waals surface area contributed by atoms with Crippen LogP contribution in [0, 0.1) is 6.92 Å². The highest BCUT2D eigenvalue weighted by Gasteiger charge is 2.21. The molecule has 0 radical (unpaired) electrons. The summed E-state index contributed by atoms with van der Waals surface area (Å²) in [6, 6.07) is 6.81. The highest BCUT2D eigenvalue weighted by Crippen LogP contribution is 2.16. The second-order valence-corrected chi connectivity index (χ2v) is 6.63. The molecule has 0 saturated carbocycles. The fraction of sp³-hybridized carbons (Fsp3) is 0.267. The van der Waals surface area contributed by atoms with Crippen LogP contribution in [0.4, 0.5) is 10.7 Å². The lowest BCUT2D eigenvalue weighted by atomic mass is 10.2. The summed E-state index contributed by atoms with van der Waals surface area (Å²) in [6.45, 7) is 1.78.